The molecule has 2 aliphatic heterocycles. The van der Waals surface area contributed by atoms with Gasteiger partial charge in [-0.1, -0.05) is 20.8 Å². The number of piperidine rings is 1. The predicted octanol–water partition coefficient (Wildman–Crippen LogP) is 2.66. The SMILES string of the molecule is CC(C)(C)C1CCCN(C(=O)[C@@H]2CCCNC2)CC1. The Bertz CT molecular complexity index is 302. The normalized spacial score (nSPS) is 29.9. The Kier molecular flexibility index (Phi) is 4.88. The smallest absolute Gasteiger partial charge is 0.226 e. The molecule has 2 atom stereocenters. The summed E-state index contributed by atoms with van der Waals surface area (Å²) in [6.45, 7) is 10.9. The number of carbonyl (C=O) groups excluding carboxylic acids is 1. The Hall–Kier alpha value is -0.570. The lowest BCUT2D eigenvalue weighted by Gasteiger charge is -2.31. The maximum Gasteiger partial charge on any atom is 0.226 e. The minimum Gasteiger partial charge on any atom is -0.342 e. The highest BCUT2D eigenvalue weighted by molar-refractivity contribution is 5.79. The summed E-state index contributed by atoms with van der Waals surface area (Å²) in [4.78, 5) is 14.7. The van der Waals surface area contributed by atoms with E-state index in [0.29, 0.717) is 11.3 Å². The average molecular weight is 266 g/mol. The molecule has 0 saturated carbocycles. The maximum absolute atomic E-state index is 12.5. The number of nitrogens with one attached hydrogen (secondary N) is 1. The summed E-state index contributed by atoms with van der Waals surface area (Å²) in [6, 6.07) is 0. The molecular formula is C16H30N2O. The molecule has 1 N–H and O–H groups in total. The van der Waals surface area contributed by atoms with Gasteiger partial charge >= 0.3 is 0 Å². The first-order chi connectivity index (χ1) is 8.98. The second kappa shape index (κ2) is 6.25. The highest BCUT2D eigenvalue weighted by Gasteiger charge is 2.31. The van der Waals surface area contributed by atoms with Crippen LogP contribution in [0.3, 0.4) is 0 Å². The number of hydrogen-bond donors (Lipinski definition) is 1. The van der Waals surface area contributed by atoms with Gasteiger partial charge in [-0.3, -0.25) is 4.79 Å². The monoisotopic (exact) mass is 266 g/mol. The van der Waals surface area contributed by atoms with E-state index in [4.69, 9.17) is 0 Å². The molecule has 0 bridgehead atoms. The minimum absolute atomic E-state index is 0.236. The van der Waals surface area contributed by atoms with Crippen molar-refractivity contribution >= 4 is 5.91 Å². The second-order valence-corrected chi connectivity index (χ2v) is 7.36. The van der Waals surface area contributed by atoms with Crippen LogP contribution >= 0.6 is 0 Å². The van der Waals surface area contributed by atoms with Crippen LogP contribution in [0, 0.1) is 17.3 Å². The van der Waals surface area contributed by atoms with Crippen LogP contribution in [0.1, 0.15) is 52.9 Å². The van der Waals surface area contributed by atoms with E-state index in [1.54, 1.807) is 0 Å². The van der Waals surface area contributed by atoms with E-state index in [1.165, 1.54) is 19.3 Å². The molecule has 0 aromatic carbocycles. The van der Waals surface area contributed by atoms with E-state index in [0.717, 1.165) is 44.9 Å². The van der Waals surface area contributed by atoms with E-state index in [1.807, 2.05) is 0 Å². The second-order valence-electron chi connectivity index (χ2n) is 7.36. The van der Waals surface area contributed by atoms with Gasteiger partial charge in [0, 0.05) is 19.6 Å². The van der Waals surface area contributed by atoms with Crippen molar-refractivity contribution in [2.24, 2.45) is 17.3 Å². The van der Waals surface area contributed by atoms with E-state index < -0.39 is 0 Å². The van der Waals surface area contributed by atoms with Crippen LogP contribution in [0.4, 0.5) is 0 Å². The van der Waals surface area contributed by atoms with Crippen molar-refractivity contribution in [3.8, 4) is 0 Å². The zero-order valence-corrected chi connectivity index (χ0v) is 12.9. The van der Waals surface area contributed by atoms with E-state index in [2.05, 4.69) is 31.0 Å². The lowest BCUT2D eigenvalue weighted by atomic mass is 9.77. The summed E-state index contributed by atoms with van der Waals surface area (Å²) < 4.78 is 0. The van der Waals surface area contributed by atoms with Gasteiger partial charge in [0.05, 0.1) is 5.92 Å². The fourth-order valence-corrected chi connectivity index (χ4v) is 3.50. The van der Waals surface area contributed by atoms with Crippen LogP contribution in [0.5, 0.6) is 0 Å². The van der Waals surface area contributed by atoms with Gasteiger partial charge in [-0.15, -0.1) is 0 Å². The van der Waals surface area contributed by atoms with Crippen LogP contribution in [0.25, 0.3) is 0 Å². The molecule has 110 valence electrons. The van der Waals surface area contributed by atoms with Gasteiger partial charge in [0.15, 0.2) is 0 Å². The van der Waals surface area contributed by atoms with Crippen molar-refractivity contribution in [1.82, 2.24) is 10.2 Å². The fraction of sp³-hybridized carbons (Fsp3) is 0.938. The van der Waals surface area contributed by atoms with Gasteiger partial charge in [-0.25, -0.2) is 0 Å². The largest absolute Gasteiger partial charge is 0.342 e. The molecule has 3 nitrogen and oxygen atoms in total. The van der Waals surface area contributed by atoms with Gasteiger partial charge in [0.1, 0.15) is 0 Å². The molecule has 2 heterocycles. The molecule has 3 heteroatoms. The van der Waals surface area contributed by atoms with Crippen molar-refractivity contribution < 1.29 is 4.79 Å². The maximum atomic E-state index is 12.5. The number of carbonyl (C=O) groups is 1. The highest BCUT2D eigenvalue weighted by Crippen LogP contribution is 2.34. The van der Waals surface area contributed by atoms with Crippen LogP contribution < -0.4 is 5.32 Å². The number of rotatable bonds is 1. The molecule has 2 rings (SSSR count). The Balaban J connectivity index is 1.89. The lowest BCUT2D eigenvalue weighted by molar-refractivity contribution is -0.136. The van der Waals surface area contributed by atoms with Gasteiger partial charge < -0.3 is 10.2 Å². The predicted molar refractivity (Wildman–Crippen MR) is 79.0 cm³/mol. The summed E-state index contributed by atoms with van der Waals surface area (Å²) in [5, 5.41) is 3.36. The zero-order valence-electron chi connectivity index (χ0n) is 12.9. The average Bonchev–Trinajstić information content (AvgIpc) is 2.64. The lowest BCUT2D eigenvalue weighted by Crippen LogP contribution is -2.43. The standard InChI is InChI=1S/C16H30N2O/c1-16(2,3)14-7-5-10-18(11-8-14)15(19)13-6-4-9-17-12-13/h13-14,17H,4-12H2,1-3H3/t13-,14?/m1/s1. The Morgan fingerprint density at radius 2 is 1.89 bits per heavy atom. The first-order valence-corrected chi connectivity index (χ1v) is 7.98. The highest BCUT2D eigenvalue weighted by atomic mass is 16.2. The van der Waals surface area contributed by atoms with Gasteiger partial charge in [0.25, 0.3) is 0 Å². The van der Waals surface area contributed by atoms with Crippen molar-refractivity contribution in [1.29, 1.82) is 0 Å². The summed E-state index contributed by atoms with van der Waals surface area (Å²) in [5.74, 6) is 1.40. The molecule has 0 spiro atoms. The van der Waals surface area contributed by atoms with Crippen LogP contribution in [-0.4, -0.2) is 37.0 Å². The third-order valence-corrected chi connectivity index (χ3v) is 4.91. The molecule has 0 aromatic rings. The third-order valence-electron chi connectivity index (χ3n) is 4.91. The summed E-state index contributed by atoms with van der Waals surface area (Å²) >= 11 is 0. The molecule has 1 amide bonds. The molecular weight excluding hydrogens is 236 g/mol. The Morgan fingerprint density at radius 1 is 1.11 bits per heavy atom. The molecule has 0 radical (unpaired) electrons. The Morgan fingerprint density at radius 3 is 2.53 bits per heavy atom. The van der Waals surface area contributed by atoms with Crippen LogP contribution in [-0.2, 0) is 4.79 Å². The molecule has 2 fully saturated rings. The van der Waals surface area contributed by atoms with Crippen molar-refractivity contribution in [3.63, 3.8) is 0 Å². The van der Waals surface area contributed by atoms with Crippen molar-refractivity contribution in [2.75, 3.05) is 26.2 Å². The topological polar surface area (TPSA) is 32.3 Å². The molecule has 0 aliphatic carbocycles. The van der Waals surface area contributed by atoms with Crippen LogP contribution in [0.2, 0.25) is 0 Å². The quantitative estimate of drug-likeness (QED) is 0.791. The van der Waals surface area contributed by atoms with E-state index in [-0.39, 0.29) is 5.92 Å². The summed E-state index contributed by atoms with van der Waals surface area (Å²) in [7, 11) is 0. The number of nitrogens with zero attached hydrogens (tertiary/aromatic N) is 1. The molecule has 19 heavy (non-hydrogen) atoms. The fourth-order valence-electron chi connectivity index (χ4n) is 3.50. The van der Waals surface area contributed by atoms with Gasteiger partial charge in [-0.2, -0.15) is 0 Å². The van der Waals surface area contributed by atoms with Crippen molar-refractivity contribution in [2.45, 2.75) is 52.9 Å². The first-order valence-electron chi connectivity index (χ1n) is 7.98. The number of likely N-dealkylation sites (tertiary alicyclic amines) is 1. The zero-order chi connectivity index (χ0) is 13.9. The van der Waals surface area contributed by atoms with Gasteiger partial charge in [0.2, 0.25) is 5.91 Å². The number of hydrogen-bond acceptors (Lipinski definition) is 2. The van der Waals surface area contributed by atoms with Crippen molar-refractivity contribution in [3.05, 3.63) is 0 Å². The molecule has 2 aliphatic rings. The van der Waals surface area contributed by atoms with E-state index >= 15 is 0 Å². The van der Waals surface area contributed by atoms with Crippen LogP contribution in [0.15, 0.2) is 0 Å². The molecule has 0 aromatic heterocycles. The summed E-state index contributed by atoms with van der Waals surface area (Å²) in [5.41, 5.74) is 0.380. The first kappa shape index (κ1) is 14.8. The molecule has 2 saturated heterocycles. The number of amides is 1. The Labute approximate surface area is 118 Å². The minimum atomic E-state index is 0.236. The van der Waals surface area contributed by atoms with Gasteiger partial charge in [-0.05, 0) is 50.0 Å². The molecule has 1 unspecified atom stereocenters. The third kappa shape index (κ3) is 3.95. The summed E-state index contributed by atoms with van der Waals surface area (Å²) in [6.07, 6.45) is 5.85. The van der Waals surface area contributed by atoms with E-state index in [9.17, 15) is 4.79 Å².